The lowest BCUT2D eigenvalue weighted by atomic mass is 9.82. The van der Waals surface area contributed by atoms with Gasteiger partial charge in [0, 0.05) is 26.6 Å². The van der Waals surface area contributed by atoms with E-state index in [4.69, 9.17) is 23.1 Å². The van der Waals surface area contributed by atoms with Crippen LogP contribution in [-0.2, 0) is 35.0 Å². The molecule has 0 amide bonds. The Morgan fingerprint density at radius 1 is 1.09 bits per heavy atom. The van der Waals surface area contributed by atoms with Gasteiger partial charge < -0.3 is 18.9 Å². The number of benzene rings is 1. The number of ether oxygens (including phenoxy) is 4. The molecule has 1 heterocycles. The topological polar surface area (TPSA) is 97.4 Å². The largest absolute Gasteiger partial charge is 0.493 e. The van der Waals surface area contributed by atoms with E-state index < -0.39 is 22.3 Å². The average molecular weight is 515 g/mol. The van der Waals surface area contributed by atoms with Crippen LogP contribution >= 0.6 is 0 Å². The van der Waals surface area contributed by atoms with E-state index in [0.29, 0.717) is 44.0 Å². The van der Waals surface area contributed by atoms with Gasteiger partial charge in [-0.05, 0) is 48.3 Å². The fourth-order valence-corrected chi connectivity index (χ4v) is 5.07. The minimum Gasteiger partial charge on any atom is -0.493 e. The number of carbonyl (C=O) groups excluding carboxylic acids is 1. The van der Waals surface area contributed by atoms with Crippen LogP contribution in [0.1, 0.15) is 52.5 Å². The number of hydrogen-bond acceptors (Lipinski definition) is 8. The molecule has 1 aliphatic heterocycles. The van der Waals surface area contributed by atoms with Crippen LogP contribution in [0, 0.1) is 23.7 Å². The van der Waals surface area contributed by atoms with Gasteiger partial charge in [-0.15, -0.1) is 0 Å². The lowest BCUT2D eigenvalue weighted by Gasteiger charge is -2.29. The van der Waals surface area contributed by atoms with E-state index in [1.807, 2.05) is 32.0 Å². The number of methoxy groups -OCH3 is 2. The molecule has 4 atom stereocenters. The van der Waals surface area contributed by atoms with Crippen molar-refractivity contribution in [2.45, 2.75) is 65.6 Å². The predicted molar refractivity (Wildman–Crippen MR) is 134 cm³/mol. The molecule has 0 N–H and O–H groups in total. The van der Waals surface area contributed by atoms with E-state index in [0.717, 1.165) is 18.2 Å². The van der Waals surface area contributed by atoms with Crippen molar-refractivity contribution in [3.05, 3.63) is 23.8 Å². The number of esters is 1. The molecule has 0 saturated carbocycles. The lowest BCUT2D eigenvalue weighted by molar-refractivity contribution is -0.148. The summed E-state index contributed by atoms with van der Waals surface area (Å²) in [5.41, 5.74) is 1.05. The van der Waals surface area contributed by atoms with Gasteiger partial charge >= 0.3 is 5.97 Å². The molecule has 0 radical (unpaired) electrons. The zero-order chi connectivity index (χ0) is 26.2. The standard InChI is InChI=1S/C26H42O8S/c1-17(2)20(13-19-9-10-22(31-6)23(14-19)32-12-8-11-30-5)15-25(34-35(7,28)29)24-16-21(18(3)4)26(27)33-24/h9-10,14,17-18,20-21,24-25H,8,11-13,15-16H2,1-7H3/t20-,21-,24+,25+/m0/s1. The first-order valence-corrected chi connectivity index (χ1v) is 14.1. The first-order chi connectivity index (χ1) is 16.4. The highest BCUT2D eigenvalue weighted by Crippen LogP contribution is 2.36. The molecule has 1 aromatic carbocycles. The summed E-state index contributed by atoms with van der Waals surface area (Å²) in [6, 6.07) is 5.85. The molecule has 0 spiro atoms. The van der Waals surface area contributed by atoms with Gasteiger partial charge in [-0.25, -0.2) is 0 Å². The van der Waals surface area contributed by atoms with Crippen LogP contribution < -0.4 is 9.47 Å². The van der Waals surface area contributed by atoms with Gasteiger partial charge in [0.05, 0.1) is 25.9 Å². The maximum absolute atomic E-state index is 12.4. The Hall–Kier alpha value is -1.84. The SMILES string of the molecule is COCCCOc1cc(C[C@@H](C[C@@H](OS(C)(=O)=O)[C@H]2C[C@@H](C(C)C)C(=O)O2)C(C)C)ccc1OC. The van der Waals surface area contributed by atoms with Crippen molar-refractivity contribution in [3.63, 3.8) is 0 Å². The molecule has 0 bridgehead atoms. The van der Waals surface area contributed by atoms with Gasteiger partial charge in [-0.2, -0.15) is 8.42 Å². The third-order valence-corrected chi connectivity index (χ3v) is 7.13. The summed E-state index contributed by atoms with van der Waals surface area (Å²) < 4.78 is 51.7. The van der Waals surface area contributed by atoms with Crippen molar-refractivity contribution in [1.82, 2.24) is 0 Å². The summed E-state index contributed by atoms with van der Waals surface area (Å²) in [6.45, 7) is 9.27. The molecule has 0 aliphatic carbocycles. The summed E-state index contributed by atoms with van der Waals surface area (Å²) in [4.78, 5) is 12.4. The molecule has 8 nitrogen and oxygen atoms in total. The minimum absolute atomic E-state index is 0.0910. The predicted octanol–water partition coefficient (Wildman–Crippen LogP) is 4.25. The van der Waals surface area contributed by atoms with Gasteiger partial charge in [0.25, 0.3) is 10.1 Å². The quantitative estimate of drug-likeness (QED) is 0.195. The van der Waals surface area contributed by atoms with Crippen molar-refractivity contribution in [2.75, 3.05) is 33.7 Å². The van der Waals surface area contributed by atoms with Gasteiger partial charge in [0.1, 0.15) is 12.2 Å². The van der Waals surface area contributed by atoms with E-state index in [1.54, 1.807) is 14.2 Å². The van der Waals surface area contributed by atoms with Crippen LogP contribution in [0.4, 0.5) is 0 Å². The van der Waals surface area contributed by atoms with Crippen molar-refractivity contribution in [1.29, 1.82) is 0 Å². The summed E-state index contributed by atoms with van der Waals surface area (Å²) in [5, 5.41) is 0. The maximum atomic E-state index is 12.4. The molecule has 2 rings (SSSR count). The van der Waals surface area contributed by atoms with Crippen LogP contribution in [0.5, 0.6) is 11.5 Å². The highest BCUT2D eigenvalue weighted by molar-refractivity contribution is 7.86. The Bertz CT molecular complexity index is 912. The molecule has 1 saturated heterocycles. The van der Waals surface area contributed by atoms with Gasteiger partial charge in [0.2, 0.25) is 0 Å². The number of cyclic esters (lactones) is 1. The second-order valence-electron chi connectivity index (χ2n) is 10.0. The maximum Gasteiger partial charge on any atom is 0.309 e. The van der Waals surface area contributed by atoms with Crippen LogP contribution in [0.3, 0.4) is 0 Å². The summed E-state index contributed by atoms with van der Waals surface area (Å²) in [7, 11) is -0.467. The number of carbonyl (C=O) groups is 1. The normalized spacial score (nSPS) is 20.2. The Morgan fingerprint density at radius 2 is 1.80 bits per heavy atom. The van der Waals surface area contributed by atoms with Crippen LogP contribution in [0.2, 0.25) is 0 Å². The second kappa shape index (κ2) is 13.5. The van der Waals surface area contributed by atoms with Gasteiger partial charge in [-0.1, -0.05) is 33.8 Å². The molecule has 1 fully saturated rings. The number of hydrogen-bond donors (Lipinski definition) is 0. The summed E-state index contributed by atoms with van der Waals surface area (Å²) in [5.74, 6) is 1.25. The molecule has 35 heavy (non-hydrogen) atoms. The molecule has 9 heteroatoms. The van der Waals surface area contributed by atoms with Crippen LogP contribution in [0.25, 0.3) is 0 Å². The van der Waals surface area contributed by atoms with E-state index in [-0.39, 0.29) is 29.6 Å². The zero-order valence-corrected chi connectivity index (χ0v) is 22.9. The monoisotopic (exact) mass is 514 g/mol. The minimum atomic E-state index is -3.73. The zero-order valence-electron chi connectivity index (χ0n) is 22.1. The van der Waals surface area contributed by atoms with Crippen molar-refractivity contribution < 1.29 is 36.3 Å². The van der Waals surface area contributed by atoms with Gasteiger partial charge in [-0.3, -0.25) is 8.98 Å². The summed E-state index contributed by atoms with van der Waals surface area (Å²) >= 11 is 0. The first kappa shape index (κ1) is 29.4. The Kier molecular flexibility index (Phi) is 11.3. The highest BCUT2D eigenvalue weighted by atomic mass is 32.2. The number of rotatable bonds is 15. The Morgan fingerprint density at radius 3 is 2.34 bits per heavy atom. The molecule has 0 aromatic heterocycles. The first-order valence-electron chi connectivity index (χ1n) is 12.3. The van der Waals surface area contributed by atoms with Crippen LogP contribution in [-0.4, -0.2) is 60.3 Å². The van der Waals surface area contributed by atoms with E-state index >= 15 is 0 Å². The third-order valence-electron chi connectivity index (χ3n) is 6.53. The fraction of sp³-hybridized carbons (Fsp3) is 0.731. The fourth-order valence-electron chi connectivity index (χ4n) is 4.42. The van der Waals surface area contributed by atoms with Gasteiger partial charge in [0.15, 0.2) is 11.5 Å². The molecular formula is C26H42O8S. The Labute approximate surface area is 210 Å². The van der Waals surface area contributed by atoms with Crippen molar-refractivity contribution in [3.8, 4) is 11.5 Å². The van der Waals surface area contributed by atoms with E-state index in [2.05, 4.69) is 13.8 Å². The van der Waals surface area contributed by atoms with Crippen LogP contribution in [0.15, 0.2) is 18.2 Å². The second-order valence-corrected chi connectivity index (χ2v) is 11.6. The van der Waals surface area contributed by atoms with Crippen molar-refractivity contribution >= 4 is 16.1 Å². The Balaban J connectivity index is 2.21. The smallest absolute Gasteiger partial charge is 0.309 e. The van der Waals surface area contributed by atoms with E-state index in [1.165, 1.54) is 0 Å². The summed E-state index contributed by atoms with van der Waals surface area (Å²) in [6.07, 6.45) is 2.09. The molecular weight excluding hydrogens is 472 g/mol. The molecule has 1 aromatic rings. The average Bonchev–Trinajstić information content (AvgIpc) is 3.17. The highest BCUT2D eigenvalue weighted by Gasteiger charge is 2.42. The third kappa shape index (κ3) is 9.28. The van der Waals surface area contributed by atoms with Crippen molar-refractivity contribution in [2.24, 2.45) is 23.7 Å². The lowest BCUT2D eigenvalue weighted by Crippen LogP contribution is -2.34. The van der Waals surface area contributed by atoms with E-state index in [9.17, 15) is 13.2 Å². The molecule has 200 valence electrons. The molecule has 0 unspecified atom stereocenters. The molecule has 1 aliphatic rings.